The van der Waals surface area contributed by atoms with Crippen molar-refractivity contribution < 1.29 is 13.2 Å². The molecule has 1 amide bonds. The highest BCUT2D eigenvalue weighted by atomic mass is 35.7. The van der Waals surface area contributed by atoms with Crippen molar-refractivity contribution in [2.24, 2.45) is 0 Å². The van der Waals surface area contributed by atoms with Crippen molar-refractivity contribution in [3.8, 4) is 0 Å². The summed E-state index contributed by atoms with van der Waals surface area (Å²) in [5.74, 6) is -0.371. The second-order valence-electron chi connectivity index (χ2n) is 4.22. The molecule has 0 radical (unpaired) electrons. The van der Waals surface area contributed by atoms with Crippen LogP contribution in [-0.2, 0) is 9.05 Å². The largest absolute Gasteiger partial charge is 0.321 e. The van der Waals surface area contributed by atoms with E-state index in [9.17, 15) is 13.2 Å². The van der Waals surface area contributed by atoms with E-state index >= 15 is 0 Å². The number of carbonyl (C=O) groups is 1. The van der Waals surface area contributed by atoms with Gasteiger partial charge in [0.15, 0.2) is 0 Å². The van der Waals surface area contributed by atoms with Crippen molar-refractivity contribution >= 4 is 42.9 Å². The third-order valence-electron chi connectivity index (χ3n) is 2.63. The van der Waals surface area contributed by atoms with Crippen molar-refractivity contribution in [2.75, 3.05) is 5.32 Å². The summed E-state index contributed by atoms with van der Waals surface area (Å²) in [5, 5.41) is 2.68. The first-order valence-electron chi connectivity index (χ1n) is 5.75. The number of carbonyl (C=O) groups excluding carboxylic acids is 1. The zero-order valence-corrected chi connectivity index (χ0v) is 13.1. The van der Waals surface area contributed by atoms with Crippen LogP contribution in [-0.4, -0.2) is 19.3 Å². The topological polar surface area (TPSA) is 76.1 Å². The van der Waals surface area contributed by atoms with Gasteiger partial charge in [-0.25, -0.2) is 8.42 Å². The van der Waals surface area contributed by atoms with Gasteiger partial charge in [-0.05, 0) is 37.3 Å². The Morgan fingerprint density at radius 1 is 1.24 bits per heavy atom. The number of amides is 1. The fraction of sp³-hybridized carbons (Fsp3) is 0.0769. The molecule has 21 heavy (non-hydrogen) atoms. The third kappa shape index (κ3) is 3.93. The predicted molar refractivity (Wildman–Crippen MR) is 81.4 cm³/mol. The minimum absolute atomic E-state index is 0.0795. The van der Waals surface area contributed by atoms with E-state index in [1.165, 1.54) is 24.4 Å². The molecular formula is C13H10Cl2N2O3S. The third-order valence-corrected chi connectivity index (χ3v) is 4.29. The smallest absolute Gasteiger partial charge is 0.261 e. The van der Waals surface area contributed by atoms with Crippen LogP contribution in [0.15, 0.2) is 41.4 Å². The van der Waals surface area contributed by atoms with Gasteiger partial charge in [-0.15, -0.1) is 0 Å². The number of hydrogen-bond donors (Lipinski definition) is 1. The fourth-order valence-electron chi connectivity index (χ4n) is 1.63. The van der Waals surface area contributed by atoms with Crippen LogP contribution in [0, 0.1) is 6.92 Å². The molecule has 0 spiro atoms. The molecule has 2 aromatic rings. The van der Waals surface area contributed by atoms with Gasteiger partial charge in [-0.1, -0.05) is 11.6 Å². The number of nitrogens with one attached hydrogen (secondary N) is 1. The van der Waals surface area contributed by atoms with E-state index in [1.807, 2.05) is 0 Å². The first-order chi connectivity index (χ1) is 9.77. The Bertz CT molecular complexity index is 807. The summed E-state index contributed by atoms with van der Waals surface area (Å²) in [7, 11) is 1.36. The molecule has 0 aliphatic heterocycles. The Morgan fingerprint density at radius 3 is 2.52 bits per heavy atom. The molecule has 0 bridgehead atoms. The van der Waals surface area contributed by atoms with Gasteiger partial charge in [0.2, 0.25) is 0 Å². The highest BCUT2D eigenvalue weighted by Crippen LogP contribution is 2.27. The van der Waals surface area contributed by atoms with Crippen molar-refractivity contribution in [1.29, 1.82) is 0 Å². The van der Waals surface area contributed by atoms with Crippen molar-refractivity contribution in [2.45, 2.75) is 11.8 Å². The molecule has 8 heteroatoms. The molecule has 2 rings (SSSR count). The molecule has 0 aliphatic carbocycles. The van der Waals surface area contributed by atoms with Crippen LogP contribution in [0.4, 0.5) is 5.69 Å². The Kier molecular flexibility index (Phi) is 4.51. The van der Waals surface area contributed by atoms with E-state index < -0.39 is 9.05 Å². The van der Waals surface area contributed by atoms with Gasteiger partial charge in [-0.2, -0.15) is 0 Å². The lowest BCUT2D eigenvalue weighted by molar-refractivity contribution is 0.102. The van der Waals surface area contributed by atoms with Gasteiger partial charge < -0.3 is 5.32 Å². The van der Waals surface area contributed by atoms with E-state index in [0.717, 1.165) is 0 Å². The maximum absolute atomic E-state index is 12.1. The van der Waals surface area contributed by atoms with Gasteiger partial charge in [-0.3, -0.25) is 9.78 Å². The van der Waals surface area contributed by atoms with Crippen LogP contribution in [0.2, 0.25) is 5.02 Å². The summed E-state index contributed by atoms with van der Waals surface area (Å²) < 4.78 is 22.4. The molecular weight excluding hydrogens is 335 g/mol. The molecule has 1 aromatic carbocycles. The number of aryl methyl sites for hydroxylation is 1. The average molecular weight is 345 g/mol. The lowest BCUT2D eigenvalue weighted by Gasteiger charge is -2.08. The second kappa shape index (κ2) is 6.01. The maximum Gasteiger partial charge on any atom is 0.261 e. The minimum atomic E-state index is -3.86. The fourth-order valence-corrected chi connectivity index (χ4v) is 2.70. The predicted octanol–water partition coefficient (Wildman–Crippen LogP) is 3.22. The number of pyridine rings is 1. The highest BCUT2D eigenvalue weighted by molar-refractivity contribution is 8.13. The average Bonchev–Trinajstić information content (AvgIpc) is 2.39. The monoisotopic (exact) mass is 344 g/mol. The van der Waals surface area contributed by atoms with Crippen LogP contribution in [0.5, 0.6) is 0 Å². The Hall–Kier alpha value is -1.63. The van der Waals surface area contributed by atoms with Crippen LogP contribution in [0.3, 0.4) is 0 Å². The molecule has 1 heterocycles. The maximum atomic E-state index is 12.1. The Morgan fingerprint density at radius 2 is 1.95 bits per heavy atom. The molecule has 0 aliphatic rings. The standard InChI is InChI=1S/C13H10Cl2N2O3S/c1-8-6-9(4-5-16-8)13(18)17-12-3-2-10(7-11(12)14)21(15,19)20/h2-7H,1H3,(H,17,18). The second-order valence-corrected chi connectivity index (χ2v) is 7.19. The van der Waals surface area contributed by atoms with Gasteiger partial charge in [0.05, 0.1) is 15.6 Å². The zero-order valence-electron chi connectivity index (χ0n) is 10.8. The quantitative estimate of drug-likeness (QED) is 0.867. The number of anilines is 1. The normalized spacial score (nSPS) is 11.2. The molecule has 5 nitrogen and oxygen atoms in total. The number of benzene rings is 1. The first-order valence-corrected chi connectivity index (χ1v) is 8.44. The van der Waals surface area contributed by atoms with E-state index in [2.05, 4.69) is 10.3 Å². The summed E-state index contributed by atoms with van der Waals surface area (Å²) in [5.41, 5.74) is 1.42. The molecule has 1 aromatic heterocycles. The summed E-state index contributed by atoms with van der Waals surface area (Å²) in [4.78, 5) is 15.9. The van der Waals surface area contributed by atoms with Crippen molar-refractivity contribution in [1.82, 2.24) is 4.98 Å². The summed E-state index contributed by atoms with van der Waals surface area (Å²) in [6, 6.07) is 7.01. The van der Waals surface area contributed by atoms with E-state index in [0.29, 0.717) is 16.9 Å². The van der Waals surface area contributed by atoms with Crippen LogP contribution in [0.1, 0.15) is 16.1 Å². The van der Waals surface area contributed by atoms with Crippen molar-refractivity contribution in [3.05, 3.63) is 52.8 Å². The van der Waals surface area contributed by atoms with E-state index in [-0.39, 0.29) is 15.8 Å². The number of nitrogens with zero attached hydrogens (tertiary/aromatic N) is 1. The molecule has 110 valence electrons. The SMILES string of the molecule is Cc1cc(C(=O)Nc2ccc(S(=O)(=O)Cl)cc2Cl)ccn1. The molecule has 0 saturated heterocycles. The molecule has 1 N–H and O–H groups in total. The number of aromatic nitrogens is 1. The van der Waals surface area contributed by atoms with Gasteiger partial charge in [0, 0.05) is 28.1 Å². The van der Waals surface area contributed by atoms with Gasteiger partial charge in [0.25, 0.3) is 15.0 Å². The first kappa shape index (κ1) is 15.8. The summed E-state index contributed by atoms with van der Waals surface area (Å²) >= 11 is 5.95. The number of halogens is 2. The highest BCUT2D eigenvalue weighted by Gasteiger charge is 2.14. The van der Waals surface area contributed by atoms with Gasteiger partial charge in [0.1, 0.15) is 0 Å². The van der Waals surface area contributed by atoms with E-state index in [1.54, 1.807) is 19.1 Å². The van der Waals surface area contributed by atoms with E-state index in [4.69, 9.17) is 22.3 Å². The number of rotatable bonds is 3. The lowest BCUT2D eigenvalue weighted by Crippen LogP contribution is -2.12. The zero-order chi connectivity index (χ0) is 15.6. The summed E-state index contributed by atoms with van der Waals surface area (Å²) in [6.45, 7) is 1.77. The molecule has 0 atom stereocenters. The minimum Gasteiger partial charge on any atom is -0.321 e. The van der Waals surface area contributed by atoms with Crippen molar-refractivity contribution in [3.63, 3.8) is 0 Å². The number of hydrogen-bond acceptors (Lipinski definition) is 4. The van der Waals surface area contributed by atoms with Crippen LogP contribution < -0.4 is 5.32 Å². The van der Waals surface area contributed by atoms with Crippen LogP contribution >= 0.6 is 22.3 Å². The summed E-state index contributed by atoms with van der Waals surface area (Å²) in [6.07, 6.45) is 1.52. The lowest BCUT2D eigenvalue weighted by atomic mass is 10.2. The molecule has 0 unspecified atom stereocenters. The van der Waals surface area contributed by atoms with Crippen LogP contribution in [0.25, 0.3) is 0 Å². The Balaban J connectivity index is 2.26. The Labute approximate surface area is 131 Å². The van der Waals surface area contributed by atoms with Gasteiger partial charge >= 0.3 is 0 Å². The molecule has 0 saturated carbocycles. The molecule has 0 fully saturated rings.